The Hall–Kier alpha value is -2.37. The van der Waals surface area contributed by atoms with Crippen LogP contribution < -0.4 is 0 Å². The highest BCUT2D eigenvalue weighted by atomic mass is 16.3. The van der Waals surface area contributed by atoms with Crippen LogP contribution in [0.3, 0.4) is 0 Å². The van der Waals surface area contributed by atoms with Gasteiger partial charge in [0.1, 0.15) is 5.75 Å². The van der Waals surface area contributed by atoms with Crippen LogP contribution in [0.25, 0.3) is 0 Å². The van der Waals surface area contributed by atoms with Gasteiger partial charge in [-0.3, -0.25) is 9.69 Å². The maximum atomic E-state index is 13.7. The molecule has 5 fully saturated rings. The van der Waals surface area contributed by atoms with Crippen molar-refractivity contribution in [3.8, 4) is 5.75 Å². The quantitative estimate of drug-likeness (QED) is 0.687. The third kappa shape index (κ3) is 2.85. The molecule has 7 atom stereocenters. The fourth-order valence-corrected chi connectivity index (χ4v) is 10.8. The molecule has 2 aromatic carbocycles. The van der Waals surface area contributed by atoms with E-state index in [1.54, 1.807) is 0 Å². The first-order valence-electron chi connectivity index (χ1n) is 14.6. The van der Waals surface area contributed by atoms with Gasteiger partial charge in [0.25, 0.3) is 5.91 Å². The summed E-state index contributed by atoms with van der Waals surface area (Å²) < 4.78 is 0. The van der Waals surface area contributed by atoms with Crippen molar-refractivity contribution in [2.75, 3.05) is 33.2 Å². The molecule has 8 rings (SSSR count). The number of benzene rings is 2. The highest BCUT2D eigenvalue weighted by molar-refractivity contribution is 5.94. The van der Waals surface area contributed by atoms with Crippen molar-refractivity contribution in [2.45, 2.75) is 68.5 Å². The largest absolute Gasteiger partial charge is 0.508 e. The fourth-order valence-electron chi connectivity index (χ4n) is 10.8. The third-order valence-electron chi connectivity index (χ3n) is 12.0. The summed E-state index contributed by atoms with van der Waals surface area (Å²) in [4.78, 5) is 21.5. The molecule has 3 aliphatic carbocycles. The number of hydrogen-bond donors (Lipinski definition) is 1. The lowest BCUT2D eigenvalue weighted by molar-refractivity contribution is -0.104. The Morgan fingerprint density at radius 3 is 2.76 bits per heavy atom. The summed E-state index contributed by atoms with van der Waals surface area (Å²) in [6.07, 6.45) is 8.51. The van der Waals surface area contributed by atoms with E-state index in [1.807, 2.05) is 36.4 Å². The first kappa shape index (κ1) is 22.6. The molecule has 5 heteroatoms. The molecule has 2 saturated carbocycles. The Balaban J connectivity index is 1.22. The highest BCUT2D eigenvalue weighted by Crippen LogP contribution is 2.75. The molecular weight excluding hydrogens is 458 g/mol. The Kier molecular flexibility index (Phi) is 4.78. The van der Waals surface area contributed by atoms with Crippen LogP contribution in [-0.2, 0) is 11.8 Å². The van der Waals surface area contributed by atoms with E-state index in [0.717, 1.165) is 31.5 Å². The minimum atomic E-state index is 0.0847. The van der Waals surface area contributed by atoms with Crippen LogP contribution in [-0.4, -0.2) is 77.1 Å². The van der Waals surface area contributed by atoms with Crippen molar-refractivity contribution in [1.29, 1.82) is 0 Å². The molecule has 2 aromatic rings. The first-order valence-corrected chi connectivity index (χ1v) is 14.6. The Morgan fingerprint density at radius 2 is 1.95 bits per heavy atom. The zero-order chi connectivity index (χ0) is 24.9. The normalized spacial score (nSPS) is 40.0. The minimum Gasteiger partial charge on any atom is -0.508 e. The van der Waals surface area contributed by atoms with Crippen molar-refractivity contribution in [1.82, 2.24) is 14.7 Å². The van der Waals surface area contributed by atoms with Crippen LogP contribution in [0.5, 0.6) is 5.75 Å². The van der Waals surface area contributed by atoms with Gasteiger partial charge in [0.2, 0.25) is 0 Å². The summed E-state index contributed by atoms with van der Waals surface area (Å²) in [5.41, 5.74) is 4.08. The average Bonchev–Trinajstić information content (AvgIpc) is 3.53. The number of aromatic hydroxyl groups is 1. The molecule has 4 bridgehead atoms. The van der Waals surface area contributed by atoms with Crippen LogP contribution in [0, 0.1) is 17.3 Å². The summed E-state index contributed by atoms with van der Waals surface area (Å²) in [6.45, 7) is 4.48. The lowest BCUT2D eigenvalue weighted by Crippen LogP contribution is -2.70. The number of likely N-dealkylation sites (tertiary alicyclic amines) is 3. The van der Waals surface area contributed by atoms with Crippen molar-refractivity contribution in [3.05, 3.63) is 65.2 Å². The smallest absolute Gasteiger partial charge is 0.254 e. The van der Waals surface area contributed by atoms with E-state index in [-0.39, 0.29) is 16.7 Å². The summed E-state index contributed by atoms with van der Waals surface area (Å²) in [5.74, 6) is 1.69. The van der Waals surface area contributed by atoms with Crippen LogP contribution in [0.15, 0.2) is 48.5 Å². The number of nitrogens with zero attached hydrogens (tertiary/aromatic N) is 3. The van der Waals surface area contributed by atoms with Gasteiger partial charge in [0.05, 0.1) is 0 Å². The topological polar surface area (TPSA) is 47.0 Å². The molecule has 1 N–H and O–H groups in total. The number of carbonyl (C=O) groups is 1. The highest BCUT2D eigenvalue weighted by Gasteiger charge is 2.76. The monoisotopic (exact) mass is 497 g/mol. The average molecular weight is 498 g/mol. The van der Waals surface area contributed by atoms with E-state index < -0.39 is 0 Å². The van der Waals surface area contributed by atoms with E-state index in [4.69, 9.17) is 0 Å². The second-order valence-electron chi connectivity index (χ2n) is 13.1. The number of carbonyl (C=O) groups excluding carboxylic acids is 1. The third-order valence-corrected chi connectivity index (χ3v) is 12.0. The van der Waals surface area contributed by atoms with Gasteiger partial charge >= 0.3 is 0 Å². The Bertz CT molecular complexity index is 1250. The van der Waals surface area contributed by atoms with E-state index >= 15 is 0 Å². The molecule has 37 heavy (non-hydrogen) atoms. The predicted molar refractivity (Wildman–Crippen MR) is 144 cm³/mol. The lowest BCUT2D eigenvalue weighted by Gasteiger charge is -2.66. The zero-order valence-electron chi connectivity index (χ0n) is 22.0. The molecule has 5 unspecified atom stereocenters. The molecule has 3 saturated heterocycles. The number of rotatable bonds is 3. The van der Waals surface area contributed by atoms with Gasteiger partial charge in [-0.2, -0.15) is 0 Å². The van der Waals surface area contributed by atoms with Crippen LogP contribution in [0.4, 0.5) is 0 Å². The SMILES string of the molecule is CN1CCC[C@H]1CN1CCC23c4cc(O)ccc4CC1C21CCC2C3[C@@H](CN2C(=O)c2ccccc2)C1. The number of phenols is 1. The Morgan fingerprint density at radius 1 is 1.08 bits per heavy atom. The number of phenolic OH excluding ortho intramolecular Hbond substituents is 1. The summed E-state index contributed by atoms with van der Waals surface area (Å²) in [7, 11) is 2.31. The Labute approximate surface area is 220 Å². The van der Waals surface area contributed by atoms with E-state index in [1.165, 1.54) is 56.3 Å². The van der Waals surface area contributed by atoms with Gasteiger partial charge in [-0.1, -0.05) is 24.3 Å². The summed E-state index contributed by atoms with van der Waals surface area (Å²) >= 11 is 0. The zero-order valence-corrected chi connectivity index (χ0v) is 22.0. The molecule has 5 nitrogen and oxygen atoms in total. The maximum absolute atomic E-state index is 13.7. The summed E-state index contributed by atoms with van der Waals surface area (Å²) in [5, 5.41) is 10.7. The van der Waals surface area contributed by atoms with Gasteiger partial charge in [-0.05, 0) is 118 Å². The van der Waals surface area contributed by atoms with E-state index in [2.05, 4.69) is 33.9 Å². The summed E-state index contributed by atoms with van der Waals surface area (Å²) in [6, 6.07) is 17.7. The molecule has 0 radical (unpaired) electrons. The number of piperidine rings is 1. The van der Waals surface area contributed by atoms with Gasteiger partial charge in [0.15, 0.2) is 0 Å². The molecule has 194 valence electrons. The van der Waals surface area contributed by atoms with E-state index in [0.29, 0.717) is 35.7 Å². The predicted octanol–water partition coefficient (Wildman–Crippen LogP) is 4.30. The number of amides is 1. The molecule has 0 spiro atoms. The van der Waals surface area contributed by atoms with Crippen molar-refractivity contribution in [2.24, 2.45) is 17.3 Å². The number of hydrogen-bond acceptors (Lipinski definition) is 4. The first-order chi connectivity index (χ1) is 18.0. The minimum absolute atomic E-state index is 0.0847. The second kappa shape index (κ2) is 7.83. The van der Waals surface area contributed by atoms with Crippen LogP contribution >= 0.6 is 0 Å². The maximum Gasteiger partial charge on any atom is 0.254 e. The van der Waals surface area contributed by atoms with Gasteiger partial charge < -0.3 is 14.9 Å². The molecule has 1 amide bonds. The number of fused-ring (bicyclic) bond motifs is 1. The van der Waals surface area contributed by atoms with E-state index in [9.17, 15) is 9.90 Å². The number of likely N-dealkylation sites (N-methyl/N-ethyl adjacent to an activating group) is 1. The molecule has 0 aromatic heterocycles. The lowest BCUT2D eigenvalue weighted by atomic mass is 9.43. The molecule has 3 aliphatic heterocycles. The van der Waals surface area contributed by atoms with Crippen LogP contribution in [0.2, 0.25) is 0 Å². The molecular formula is C32H39N3O2. The second-order valence-corrected chi connectivity index (χ2v) is 13.1. The standard InChI is InChI=1S/C32H39N3O2/c1-33-14-5-8-24(33)20-34-15-13-32-26-17-25(36)10-9-22(26)16-28(34)31(32)12-11-27-29(32)23(18-31)19-35(27)30(37)21-6-3-2-4-7-21/h2-4,6-7,9-10,17,23-24,27-29,36H,5,8,11-16,18-20H2,1H3/t23-,24+,27?,28?,29?,31?,32?/m1/s1. The molecule has 3 heterocycles. The van der Waals surface area contributed by atoms with Crippen molar-refractivity contribution >= 4 is 5.91 Å². The van der Waals surface area contributed by atoms with Gasteiger partial charge in [0, 0.05) is 42.2 Å². The molecule has 6 aliphatic rings. The van der Waals surface area contributed by atoms with Gasteiger partial charge in [-0.25, -0.2) is 0 Å². The fraction of sp³-hybridized carbons (Fsp3) is 0.594. The van der Waals surface area contributed by atoms with Crippen LogP contribution in [0.1, 0.15) is 60.0 Å². The van der Waals surface area contributed by atoms with Crippen molar-refractivity contribution < 1.29 is 9.90 Å². The van der Waals surface area contributed by atoms with Gasteiger partial charge in [-0.15, -0.1) is 0 Å². The van der Waals surface area contributed by atoms with Crippen molar-refractivity contribution in [3.63, 3.8) is 0 Å².